The van der Waals surface area contributed by atoms with Gasteiger partial charge in [-0.15, -0.1) is 0 Å². The molecular weight excluding hydrogens is 432 g/mol. The average Bonchev–Trinajstić information content (AvgIpc) is 3.26. The third kappa shape index (κ3) is 2.35. The number of hydrogen-bond acceptors (Lipinski definition) is 0. The van der Waals surface area contributed by atoms with E-state index in [1.165, 1.54) is 76.8 Å². The van der Waals surface area contributed by atoms with Crippen LogP contribution >= 0.6 is 0 Å². The Bertz CT molecular complexity index is 1930. The lowest BCUT2D eigenvalue weighted by Gasteiger charge is -2.25. The monoisotopic (exact) mass is 460 g/mol. The predicted octanol–water partition coefficient (Wildman–Crippen LogP) is 9.76. The standard InChI is InChI=1S/C36H28/c1-35(2)30-16-14-21-9-7-8-12-25(21)33(30)29-20-31-28(19-32(29)35)26-15-13-24-17-22-10-5-6-11-23(22)18-27(24)34(26)36(31,3)4/h5-20H,1-4H3. The first-order valence-corrected chi connectivity index (χ1v) is 13.0. The van der Waals surface area contributed by atoms with Gasteiger partial charge in [0, 0.05) is 10.8 Å². The smallest absolute Gasteiger partial charge is 0.0165 e. The van der Waals surface area contributed by atoms with Crippen LogP contribution in [0.1, 0.15) is 49.9 Å². The molecule has 6 aromatic carbocycles. The van der Waals surface area contributed by atoms with E-state index in [4.69, 9.17) is 0 Å². The average molecular weight is 461 g/mol. The van der Waals surface area contributed by atoms with Gasteiger partial charge >= 0.3 is 0 Å². The van der Waals surface area contributed by atoms with E-state index in [0.29, 0.717) is 0 Å². The lowest BCUT2D eigenvalue weighted by atomic mass is 9.78. The molecule has 36 heavy (non-hydrogen) atoms. The fraction of sp³-hybridized carbons (Fsp3) is 0.167. The molecule has 0 heteroatoms. The quantitative estimate of drug-likeness (QED) is 0.198. The fourth-order valence-electron chi connectivity index (χ4n) is 7.34. The largest absolute Gasteiger partial charge is 0.0616 e. The molecule has 0 amide bonds. The second-order valence-corrected chi connectivity index (χ2v) is 11.8. The van der Waals surface area contributed by atoms with Crippen LogP contribution in [0.4, 0.5) is 0 Å². The molecule has 0 aliphatic heterocycles. The normalized spacial score (nSPS) is 16.2. The van der Waals surface area contributed by atoms with E-state index in [-0.39, 0.29) is 10.8 Å². The maximum Gasteiger partial charge on any atom is 0.0165 e. The minimum Gasteiger partial charge on any atom is -0.0616 e. The van der Waals surface area contributed by atoms with Gasteiger partial charge in [0.1, 0.15) is 0 Å². The van der Waals surface area contributed by atoms with Gasteiger partial charge in [0.2, 0.25) is 0 Å². The van der Waals surface area contributed by atoms with Crippen molar-refractivity contribution < 1.29 is 0 Å². The van der Waals surface area contributed by atoms with Crippen molar-refractivity contribution in [3.63, 3.8) is 0 Å². The summed E-state index contributed by atoms with van der Waals surface area (Å²) in [6.45, 7) is 9.63. The number of fused-ring (bicyclic) bond motifs is 11. The Hall–Kier alpha value is -3.90. The molecule has 0 N–H and O–H groups in total. The van der Waals surface area contributed by atoms with Crippen LogP contribution in [0.25, 0.3) is 54.6 Å². The van der Waals surface area contributed by atoms with E-state index in [9.17, 15) is 0 Å². The highest BCUT2D eigenvalue weighted by Crippen LogP contribution is 2.58. The van der Waals surface area contributed by atoms with Gasteiger partial charge in [0.25, 0.3) is 0 Å². The maximum atomic E-state index is 2.54. The summed E-state index contributed by atoms with van der Waals surface area (Å²) in [7, 11) is 0. The van der Waals surface area contributed by atoms with Crippen LogP contribution in [-0.4, -0.2) is 0 Å². The van der Waals surface area contributed by atoms with E-state index >= 15 is 0 Å². The fourth-order valence-corrected chi connectivity index (χ4v) is 7.34. The van der Waals surface area contributed by atoms with Crippen molar-refractivity contribution in [1.29, 1.82) is 0 Å². The van der Waals surface area contributed by atoms with Gasteiger partial charge in [-0.25, -0.2) is 0 Å². The van der Waals surface area contributed by atoms with Crippen LogP contribution in [0.5, 0.6) is 0 Å². The Morgan fingerprint density at radius 1 is 0.417 bits per heavy atom. The van der Waals surface area contributed by atoms with Gasteiger partial charge < -0.3 is 0 Å². The summed E-state index contributed by atoms with van der Waals surface area (Å²) in [6, 6.07) is 36.8. The zero-order valence-corrected chi connectivity index (χ0v) is 21.2. The van der Waals surface area contributed by atoms with E-state index in [1.807, 2.05) is 0 Å². The molecule has 8 rings (SSSR count). The molecule has 0 bridgehead atoms. The summed E-state index contributed by atoms with van der Waals surface area (Å²) in [4.78, 5) is 0. The van der Waals surface area contributed by atoms with Gasteiger partial charge in [-0.05, 0) is 101 Å². The highest BCUT2D eigenvalue weighted by atomic mass is 14.5. The summed E-state index contributed by atoms with van der Waals surface area (Å²) in [5, 5.41) is 8.03. The topological polar surface area (TPSA) is 0 Å². The highest BCUT2D eigenvalue weighted by molar-refractivity contribution is 6.07. The maximum absolute atomic E-state index is 2.54. The molecule has 0 unspecified atom stereocenters. The molecule has 0 spiro atoms. The molecule has 6 aromatic rings. The van der Waals surface area contributed by atoms with Crippen LogP contribution in [-0.2, 0) is 10.8 Å². The van der Waals surface area contributed by atoms with Crippen molar-refractivity contribution in [2.75, 3.05) is 0 Å². The summed E-state index contributed by atoms with van der Waals surface area (Å²) in [6.07, 6.45) is 0. The molecule has 0 aromatic heterocycles. The minimum absolute atomic E-state index is 0.0241. The molecule has 0 heterocycles. The molecule has 0 nitrogen and oxygen atoms in total. The van der Waals surface area contributed by atoms with Crippen molar-refractivity contribution in [3.8, 4) is 22.3 Å². The van der Waals surface area contributed by atoms with Crippen molar-refractivity contribution >= 4 is 32.3 Å². The molecule has 0 saturated carbocycles. The molecule has 0 atom stereocenters. The molecule has 2 aliphatic carbocycles. The van der Waals surface area contributed by atoms with Crippen LogP contribution in [0.15, 0.2) is 97.1 Å². The number of hydrogen-bond donors (Lipinski definition) is 0. The van der Waals surface area contributed by atoms with Gasteiger partial charge in [0.15, 0.2) is 0 Å². The summed E-state index contributed by atoms with van der Waals surface area (Å²) < 4.78 is 0. The Morgan fingerprint density at radius 3 is 1.86 bits per heavy atom. The van der Waals surface area contributed by atoms with E-state index in [2.05, 4.69) is 125 Å². The second kappa shape index (κ2) is 6.45. The molecule has 0 fully saturated rings. The number of benzene rings is 6. The van der Waals surface area contributed by atoms with Crippen LogP contribution in [0, 0.1) is 0 Å². The molecule has 2 aliphatic rings. The summed E-state index contributed by atoms with van der Waals surface area (Å²) in [5.74, 6) is 0. The van der Waals surface area contributed by atoms with E-state index in [0.717, 1.165) is 0 Å². The van der Waals surface area contributed by atoms with E-state index in [1.54, 1.807) is 0 Å². The highest BCUT2D eigenvalue weighted by Gasteiger charge is 2.42. The Labute approximate surface area is 212 Å². The van der Waals surface area contributed by atoms with Gasteiger partial charge in [0.05, 0.1) is 0 Å². The first-order valence-electron chi connectivity index (χ1n) is 13.0. The van der Waals surface area contributed by atoms with E-state index < -0.39 is 0 Å². The van der Waals surface area contributed by atoms with Crippen molar-refractivity contribution in [2.45, 2.75) is 38.5 Å². The molecule has 0 saturated heterocycles. The summed E-state index contributed by atoms with van der Waals surface area (Å²) in [5.41, 5.74) is 11.4. The third-order valence-electron chi connectivity index (χ3n) is 9.18. The van der Waals surface area contributed by atoms with Gasteiger partial charge in [-0.2, -0.15) is 0 Å². The zero-order chi connectivity index (χ0) is 24.4. The van der Waals surface area contributed by atoms with Crippen LogP contribution in [0.3, 0.4) is 0 Å². The lowest BCUT2D eigenvalue weighted by molar-refractivity contribution is 0.654. The number of rotatable bonds is 0. The molecular formula is C36H28. The zero-order valence-electron chi connectivity index (χ0n) is 21.2. The minimum atomic E-state index is -0.0703. The first kappa shape index (κ1) is 20.3. The summed E-state index contributed by atoms with van der Waals surface area (Å²) >= 11 is 0. The molecule has 172 valence electrons. The molecule has 0 radical (unpaired) electrons. The third-order valence-corrected chi connectivity index (χ3v) is 9.18. The second-order valence-electron chi connectivity index (χ2n) is 11.8. The lowest BCUT2D eigenvalue weighted by Crippen LogP contribution is -2.17. The Morgan fingerprint density at radius 2 is 1.06 bits per heavy atom. The Kier molecular flexibility index (Phi) is 3.64. The van der Waals surface area contributed by atoms with Crippen molar-refractivity contribution in [1.82, 2.24) is 0 Å². The van der Waals surface area contributed by atoms with Crippen molar-refractivity contribution in [3.05, 3.63) is 119 Å². The van der Waals surface area contributed by atoms with Gasteiger partial charge in [-0.1, -0.05) is 100 Å². The predicted molar refractivity (Wildman–Crippen MR) is 154 cm³/mol. The van der Waals surface area contributed by atoms with Crippen LogP contribution in [0.2, 0.25) is 0 Å². The van der Waals surface area contributed by atoms with Gasteiger partial charge in [-0.3, -0.25) is 0 Å². The van der Waals surface area contributed by atoms with Crippen molar-refractivity contribution in [2.24, 2.45) is 0 Å². The first-order chi connectivity index (χ1) is 17.4. The van der Waals surface area contributed by atoms with Crippen LogP contribution < -0.4 is 0 Å². The Balaban J connectivity index is 1.45. The SMILES string of the molecule is CC1(C)c2cc3c(cc2-c2c1ccc1ccccc21)C(C)(C)c1c-3ccc2cc3ccccc3cc12.